The van der Waals surface area contributed by atoms with E-state index in [0.717, 1.165) is 36.3 Å². The normalized spacial score (nSPS) is 17.0. The molecule has 5 nitrogen and oxygen atoms in total. The molecule has 1 fully saturated rings. The predicted octanol–water partition coefficient (Wildman–Crippen LogP) is 3.17. The Balaban J connectivity index is 1.95. The maximum atomic E-state index is 13.9. The van der Waals surface area contributed by atoms with Gasteiger partial charge in [0.2, 0.25) is 0 Å². The molecular formula is C17H18ClF2N3O2. The van der Waals surface area contributed by atoms with Gasteiger partial charge in [0.25, 0.3) is 5.56 Å². The fraction of sp³-hybridized carbons (Fsp3) is 0.412. The van der Waals surface area contributed by atoms with E-state index in [1.165, 1.54) is 6.20 Å². The number of benzene rings is 1. The molecule has 2 aromatic rings. The first kappa shape index (κ1) is 17.8. The first-order chi connectivity index (χ1) is 12.0. The molecule has 3 rings (SSSR count). The minimum atomic E-state index is -0.884. The van der Waals surface area contributed by atoms with Crippen LogP contribution in [0.1, 0.15) is 19.8 Å². The van der Waals surface area contributed by atoms with Gasteiger partial charge in [-0.15, -0.1) is 0 Å². The molecule has 0 aliphatic carbocycles. The fourth-order valence-electron chi connectivity index (χ4n) is 2.90. The van der Waals surface area contributed by atoms with Crippen molar-refractivity contribution in [2.45, 2.75) is 25.9 Å². The Morgan fingerprint density at radius 3 is 2.88 bits per heavy atom. The SMILES string of the molecule is CCN(CC1CCCO1)c1cnn(-c2ccc(F)cc2F)c(=O)c1Cl. The van der Waals surface area contributed by atoms with Crippen LogP contribution in [-0.2, 0) is 4.74 Å². The van der Waals surface area contributed by atoms with E-state index in [2.05, 4.69) is 5.10 Å². The van der Waals surface area contributed by atoms with Crippen molar-refractivity contribution in [1.29, 1.82) is 0 Å². The Kier molecular flexibility index (Phi) is 5.34. The molecule has 1 saturated heterocycles. The second-order valence-corrected chi connectivity index (χ2v) is 6.21. The minimum absolute atomic E-state index is 0.0569. The van der Waals surface area contributed by atoms with Gasteiger partial charge < -0.3 is 9.64 Å². The molecule has 8 heteroatoms. The zero-order valence-corrected chi connectivity index (χ0v) is 14.5. The van der Waals surface area contributed by atoms with Crippen molar-refractivity contribution in [3.05, 3.63) is 51.4 Å². The summed E-state index contributed by atoms with van der Waals surface area (Å²) in [5.41, 5.74) is -0.332. The van der Waals surface area contributed by atoms with Crippen molar-refractivity contribution < 1.29 is 13.5 Å². The van der Waals surface area contributed by atoms with Crippen molar-refractivity contribution in [2.24, 2.45) is 0 Å². The minimum Gasteiger partial charge on any atom is -0.376 e. The van der Waals surface area contributed by atoms with E-state index < -0.39 is 17.2 Å². The Morgan fingerprint density at radius 2 is 2.24 bits per heavy atom. The van der Waals surface area contributed by atoms with Gasteiger partial charge in [0, 0.05) is 25.8 Å². The molecule has 0 radical (unpaired) electrons. The molecule has 0 spiro atoms. The molecule has 134 valence electrons. The molecule has 0 N–H and O–H groups in total. The first-order valence-electron chi connectivity index (χ1n) is 8.11. The molecule has 2 heterocycles. The topological polar surface area (TPSA) is 47.4 Å². The number of nitrogens with zero attached hydrogens (tertiary/aromatic N) is 3. The van der Waals surface area contributed by atoms with E-state index in [1.54, 1.807) is 0 Å². The molecular weight excluding hydrogens is 352 g/mol. The highest BCUT2D eigenvalue weighted by molar-refractivity contribution is 6.33. The number of anilines is 1. The van der Waals surface area contributed by atoms with Gasteiger partial charge in [-0.3, -0.25) is 4.79 Å². The maximum Gasteiger partial charge on any atom is 0.292 e. The smallest absolute Gasteiger partial charge is 0.292 e. The average molecular weight is 370 g/mol. The summed E-state index contributed by atoms with van der Waals surface area (Å²) >= 11 is 6.24. The van der Waals surface area contributed by atoms with E-state index in [0.29, 0.717) is 24.8 Å². The summed E-state index contributed by atoms with van der Waals surface area (Å²) in [6.07, 6.45) is 3.48. The average Bonchev–Trinajstić information content (AvgIpc) is 3.09. The first-order valence-corrected chi connectivity index (χ1v) is 8.49. The van der Waals surface area contributed by atoms with Crippen LogP contribution in [0.25, 0.3) is 5.69 Å². The van der Waals surface area contributed by atoms with E-state index in [4.69, 9.17) is 16.3 Å². The standard InChI is InChI=1S/C17H18ClF2N3O2/c1-2-22(10-12-4-3-7-25-12)15-9-21-23(17(24)16(15)18)14-6-5-11(19)8-13(14)20/h5-6,8-9,12H,2-4,7,10H2,1H3. The predicted molar refractivity (Wildman–Crippen MR) is 91.6 cm³/mol. The van der Waals surface area contributed by atoms with Gasteiger partial charge in [-0.05, 0) is 31.9 Å². The van der Waals surface area contributed by atoms with Gasteiger partial charge in [0.15, 0.2) is 5.82 Å². The van der Waals surface area contributed by atoms with Crippen molar-refractivity contribution in [3.63, 3.8) is 0 Å². The van der Waals surface area contributed by atoms with Crippen LogP contribution in [0.3, 0.4) is 0 Å². The lowest BCUT2D eigenvalue weighted by Gasteiger charge is -2.26. The lowest BCUT2D eigenvalue weighted by atomic mass is 10.2. The third-order valence-corrected chi connectivity index (χ3v) is 4.56. The van der Waals surface area contributed by atoms with Crippen LogP contribution in [0.4, 0.5) is 14.5 Å². The Bertz CT molecular complexity index is 822. The van der Waals surface area contributed by atoms with Gasteiger partial charge in [-0.25, -0.2) is 8.78 Å². The molecule has 1 aliphatic rings. The third-order valence-electron chi connectivity index (χ3n) is 4.21. The number of likely N-dealkylation sites (N-methyl/N-ethyl adjacent to an activating group) is 1. The number of halogens is 3. The summed E-state index contributed by atoms with van der Waals surface area (Å²) in [6, 6.07) is 2.91. The van der Waals surface area contributed by atoms with Gasteiger partial charge in [-0.2, -0.15) is 9.78 Å². The lowest BCUT2D eigenvalue weighted by molar-refractivity contribution is 0.115. The van der Waals surface area contributed by atoms with Crippen molar-refractivity contribution in [3.8, 4) is 5.69 Å². The van der Waals surface area contributed by atoms with Crippen LogP contribution in [-0.4, -0.2) is 35.6 Å². The molecule has 1 aliphatic heterocycles. The fourth-order valence-corrected chi connectivity index (χ4v) is 3.15. The third kappa shape index (κ3) is 3.67. The van der Waals surface area contributed by atoms with E-state index in [1.807, 2.05) is 11.8 Å². The lowest BCUT2D eigenvalue weighted by Crippen LogP contribution is -2.34. The van der Waals surface area contributed by atoms with Crippen LogP contribution in [0, 0.1) is 11.6 Å². The number of rotatable bonds is 5. The number of hydrogen-bond donors (Lipinski definition) is 0. The summed E-state index contributed by atoms with van der Waals surface area (Å²) in [5.74, 6) is -1.61. The molecule has 0 amide bonds. The van der Waals surface area contributed by atoms with Crippen LogP contribution < -0.4 is 10.5 Å². The highest BCUT2D eigenvalue weighted by Crippen LogP contribution is 2.24. The van der Waals surface area contributed by atoms with Crippen LogP contribution in [0.2, 0.25) is 5.02 Å². The van der Waals surface area contributed by atoms with Crippen molar-refractivity contribution in [2.75, 3.05) is 24.6 Å². The highest BCUT2D eigenvalue weighted by atomic mass is 35.5. The molecule has 0 saturated carbocycles. The zero-order chi connectivity index (χ0) is 18.0. The van der Waals surface area contributed by atoms with Gasteiger partial charge in [0.1, 0.15) is 16.5 Å². The second-order valence-electron chi connectivity index (χ2n) is 5.83. The zero-order valence-electron chi connectivity index (χ0n) is 13.7. The highest BCUT2D eigenvalue weighted by Gasteiger charge is 2.22. The largest absolute Gasteiger partial charge is 0.376 e. The van der Waals surface area contributed by atoms with Crippen LogP contribution in [0.5, 0.6) is 0 Å². The van der Waals surface area contributed by atoms with Crippen molar-refractivity contribution in [1.82, 2.24) is 9.78 Å². The number of aromatic nitrogens is 2. The van der Waals surface area contributed by atoms with Crippen LogP contribution >= 0.6 is 11.6 Å². The van der Waals surface area contributed by atoms with Gasteiger partial charge in [-0.1, -0.05) is 11.6 Å². The molecule has 1 unspecified atom stereocenters. The van der Waals surface area contributed by atoms with Gasteiger partial charge >= 0.3 is 0 Å². The molecule has 0 bridgehead atoms. The second kappa shape index (κ2) is 7.49. The van der Waals surface area contributed by atoms with E-state index in [-0.39, 0.29) is 16.8 Å². The summed E-state index contributed by atoms with van der Waals surface area (Å²) < 4.78 is 33.5. The van der Waals surface area contributed by atoms with Crippen LogP contribution in [0.15, 0.2) is 29.2 Å². The monoisotopic (exact) mass is 369 g/mol. The molecule has 25 heavy (non-hydrogen) atoms. The Hall–Kier alpha value is -1.99. The maximum absolute atomic E-state index is 13.9. The molecule has 1 atom stereocenters. The summed E-state index contributed by atoms with van der Waals surface area (Å²) in [4.78, 5) is 14.4. The summed E-state index contributed by atoms with van der Waals surface area (Å²) in [7, 11) is 0. The quantitative estimate of drug-likeness (QED) is 0.812. The van der Waals surface area contributed by atoms with Gasteiger partial charge in [0.05, 0.1) is 18.0 Å². The Morgan fingerprint density at radius 1 is 1.44 bits per heavy atom. The van der Waals surface area contributed by atoms with Crippen molar-refractivity contribution >= 4 is 17.3 Å². The Labute approximate surface area is 148 Å². The summed E-state index contributed by atoms with van der Waals surface area (Å²) in [6.45, 7) is 3.90. The van der Waals surface area contributed by atoms with E-state index in [9.17, 15) is 13.6 Å². The van der Waals surface area contributed by atoms with E-state index >= 15 is 0 Å². The molecule has 1 aromatic heterocycles. The number of ether oxygens (including phenoxy) is 1. The number of hydrogen-bond acceptors (Lipinski definition) is 4. The summed E-state index contributed by atoms with van der Waals surface area (Å²) in [5, 5.41) is 3.96. The molecule has 1 aromatic carbocycles.